The molecule has 0 saturated heterocycles. The van der Waals surface area contributed by atoms with E-state index in [2.05, 4.69) is 65.5 Å². The molecule has 1 aliphatic heterocycles. The van der Waals surface area contributed by atoms with Crippen molar-refractivity contribution in [1.82, 2.24) is 14.8 Å². The summed E-state index contributed by atoms with van der Waals surface area (Å²) in [6, 6.07) is 20.4. The van der Waals surface area contributed by atoms with Gasteiger partial charge in [-0.15, -0.1) is 0 Å². The van der Waals surface area contributed by atoms with Gasteiger partial charge in [0.15, 0.2) is 0 Å². The monoisotopic (exact) mass is 485 g/mol. The van der Waals surface area contributed by atoms with Crippen molar-refractivity contribution in [2.75, 3.05) is 6.61 Å². The van der Waals surface area contributed by atoms with Crippen LogP contribution in [0.5, 0.6) is 0 Å². The second-order valence-electron chi connectivity index (χ2n) is 10.1. The molecule has 1 atom stereocenters. The van der Waals surface area contributed by atoms with E-state index in [9.17, 15) is 9.59 Å². The first kappa shape index (κ1) is 24.2. The maximum atomic E-state index is 14.2. The Kier molecular flexibility index (Phi) is 6.86. The number of carbonyl (C=O) groups is 2. The largest absolute Gasteiger partial charge is 0.466 e. The van der Waals surface area contributed by atoms with Gasteiger partial charge in [-0.05, 0) is 56.0 Å². The average molecular weight is 486 g/mol. The second kappa shape index (κ2) is 10.2. The quantitative estimate of drug-likeness (QED) is 0.447. The molecule has 6 heteroatoms. The number of aromatic nitrogens is 1. The molecule has 5 rings (SSSR count). The lowest BCUT2D eigenvalue weighted by atomic mass is 9.79. The SMILES string of the molecule is CCOC(=O)CC1(NC(=O)N2Cc3ccccc3-n3cccc3[C@H]2c2cccc(C)c2)CCCCC1. The van der Waals surface area contributed by atoms with E-state index in [4.69, 9.17) is 4.74 Å². The van der Waals surface area contributed by atoms with Gasteiger partial charge < -0.3 is 19.5 Å². The first-order valence-electron chi connectivity index (χ1n) is 13.1. The molecule has 2 aromatic carbocycles. The van der Waals surface area contributed by atoms with Crippen LogP contribution in [0.4, 0.5) is 4.79 Å². The Labute approximate surface area is 213 Å². The molecule has 0 radical (unpaired) electrons. The lowest BCUT2D eigenvalue weighted by molar-refractivity contribution is -0.145. The van der Waals surface area contributed by atoms with Crippen molar-refractivity contribution in [2.45, 2.75) is 70.5 Å². The summed E-state index contributed by atoms with van der Waals surface area (Å²) < 4.78 is 7.49. The van der Waals surface area contributed by atoms with Crippen LogP contribution in [0.1, 0.15) is 73.9 Å². The Bertz CT molecular complexity index is 1240. The smallest absolute Gasteiger partial charge is 0.318 e. The molecule has 1 saturated carbocycles. The van der Waals surface area contributed by atoms with Gasteiger partial charge in [0.25, 0.3) is 0 Å². The maximum absolute atomic E-state index is 14.2. The zero-order chi connectivity index (χ0) is 25.1. The molecule has 2 heterocycles. The minimum Gasteiger partial charge on any atom is -0.466 e. The van der Waals surface area contributed by atoms with Gasteiger partial charge in [-0.3, -0.25) is 4.79 Å². The normalized spacial score (nSPS) is 18.5. The summed E-state index contributed by atoms with van der Waals surface area (Å²) in [4.78, 5) is 28.7. The molecule has 1 N–H and O–H groups in total. The van der Waals surface area contributed by atoms with Crippen molar-refractivity contribution in [1.29, 1.82) is 0 Å². The summed E-state index contributed by atoms with van der Waals surface area (Å²) in [7, 11) is 0. The van der Waals surface area contributed by atoms with E-state index < -0.39 is 5.54 Å². The molecule has 1 aromatic heterocycles. The van der Waals surface area contributed by atoms with Crippen molar-refractivity contribution in [3.05, 3.63) is 89.2 Å². The Hall–Kier alpha value is -3.54. The second-order valence-corrected chi connectivity index (χ2v) is 10.1. The number of hydrogen-bond acceptors (Lipinski definition) is 3. The summed E-state index contributed by atoms with van der Waals surface area (Å²) in [5.74, 6) is -0.245. The Morgan fingerprint density at radius 2 is 1.83 bits per heavy atom. The zero-order valence-corrected chi connectivity index (χ0v) is 21.2. The van der Waals surface area contributed by atoms with Gasteiger partial charge in [-0.1, -0.05) is 67.3 Å². The number of nitrogens with zero attached hydrogens (tertiary/aromatic N) is 2. The third kappa shape index (κ3) is 4.77. The van der Waals surface area contributed by atoms with Gasteiger partial charge in [-0.2, -0.15) is 0 Å². The molecule has 188 valence electrons. The minimum absolute atomic E-state index is 0.142. The number of hydrogen-bond donors (Lipinski definition) is 1. The van der Waals surface area contributed by atoms with Crippen LogP contribution >= 0.6 is 0 Å². The van der Waals surface area contributed by atoms with E-state index in [1.54, 1.807) is 0 Å². The first-order valence-corrected chi connectivity index (χ1v) is 13.1. The molecule has 1 fully saturated rings. The Morgan fingerprint density at radius 3 is 2.61 bits per heavy atom. The molecular weight excluding hydrogens is 450 g/mol. The average Bonchev–Trinajstić information content (AvgIpc) is 3.28. The van der Waals surface area contributed by atoms with Crippen molar-refractivity contribution >= 4 is 12.0 Å². The van der Waals surface area contributed by atoms with Crippen LogP contribution in [-0.2, 0) is 16.1 Å². The number of benzene rings is 2. The van der Waals surface area contributed by atoms with Crippen LogP contribution in [0.3, 0.4) is 0 Å². The maximum Gasteiger partial charge on any atom is 0.318 e. The summed E-state index contributed by atoms with van der Waals surface area (Å²) in [6.07, 6.45) is 6.96. The van der Waals surface area contributed by atoms with Crippen molar-refractivity contribution in [3.8, 4) is 5.69 Å². The third-order valence-corrected chi connectivity index (χ3v) is 7.55. The number of para-hydroxylation sites is 1. The lowest BCUT2D eigenvalue weighted by Gasteiger charge is -2.40. The molecule has 0 spiro atoms. The highest BCUT2D eigenvalue weighted by Crippen LogP contribution is 2.38. The highest BCUT2D eigenvalue weighted by molar-refractivity contribution is 5.79. The minimum atomic E-state index is -0.577. The summed E-state index contributed by atoms with van der Waals surface area (Å²) >= 11 is 0. The lowest BCUT2D eigenvalue weighted by Crippen LogP contribution is -2.55. The van der Waals surface area contributed by atoms with Crippen LogP contribution in [-0.4, -0.2) is 33.6 Å². The molecule has 36 heavy (non-hydrogen) atoms. The Balaban J connectivity index is 1.56. The van der Waals surface area contributed by atoms with E-state index in [0.717, 1.165) is 60.2 Å². The summed E-state index contributed by atoms with van der Waals surface area (Å²) in [5.41, 5.74) is 4.86. The molecule has 2 aliphatic rings. The number of aryl methyl sites for hydroxylation is 1. The number of urea groups is 1. The number of amides is 2. The van der Waals surface area contributed by atoms with Crippen molar-refractivity contribution in [3.63, 3.8) is 0 Å². The van der Waals surface area contributed by atoms with Crippen molar-refractivity contribution < 1.29 is 14.3 Å². The van der Waals surface area contributed by atoms with Gasteiger partial charge in [0, 0.05) is 11.9 Å². The predicted molar refractivity (Wildman–Crippen MR) is 140 cm³/mol. The van der Waals surface area contributed by atoms with Crippen LogP contribution < -0.4 is 5.32 Å². The molecule has 3 aromatic rings. The van der Waals surface area contributed by atoms with E-state index in [1.165, 1.54) is 0 Å². The van der Waals surface area contributed by atoms with Crippen LogP contribution in [0.2, 0.25) is 0 Å². The standard InChI is InChI=1S/C30H35N3O3/c1-3-36-27(34)20-30(16-7-4-8-17-30)31-29(35)33-21-24-12-5-6-14-25(24)32-18-10-15-26(32)28(33)23-13-9-11-22(2)19-23/h5-6,9-15,18-19,28H,3-4,7-8,16-17,20-21H2,1-2H3,(H,31,35)/t28-/m1/s1. The number of nitrogens with one attached hydrogen (secondary N) is 1. The van der Waals surface area contributed by atoms with Gasteiger partial charge >= 0.3 is 12.0 Å². The zero-order valence-electron chi connectivity index (χ0n) is 21.2. The number of fused-ring (bicyclic) bond motifs is 3. The van der Waals surface area contributed by atoms with Gasteiger partial charge in [0.2, 0.25) is 0 Å². The van der Waals surface area contributed by atoms with Gasteiger partial charge in [0.05, 0.1) is 36.8 Å². The number of carbonyl (C=O) groups excluding carboxylic acids is 2. The molecule has 2 amide bonds. The van der Waals surface area contributed by atoms with E-state index in [1.807, 2.05) is 30.0 Å². The van der Waals surface area contributed by atoms with Crippen molar-refractivity contribution in [2.24, 2.45) is 0 Å². The highest BCUT2D eigenvalue weighted by atomic mass is 16.5. The van der Waals surface area contributed by atoms with Gasteiger partial charge in [-0.25, -0.2) is 4.79 Å². The molecule has 0 bridgehead atoms. The number of rotatable bonds is 5. The molecular formula is C30H35N3O3. The summed E-state index contributed by atoms with van der Waals surface area (Å²) in [6.45, 7) is 4.71. The fourth-order valence-corrected chi connectivity index (χ4v) is 5.89. The number of esters is 1. The fourth-order valence-electron chi connectivity index (χ4n) is 5.89. The van der Waals surface area contributed by atoms with E-state index in [0.29, 0.717) is 13.2 Å². The van der Waals surface area contributed by atoms with E-state index in [-0.39, 0.29) is 24.5 Å². The van der Waals surface area contributed by atoms with Crippen LogP contribution in [0.15, 0.2) is 66.9 Å². The molecule has 6 nitrogen and oxygen atoms in total. The molecule has 0 unspecified atom stereocenters. The van der Waals surface area contributed by atoms with Gasteiger partial charge in [0.1, 0.15) is 0 Å². The van der Waals surface area contributed by atoms with Crippen LogP contribution in [0, 0.1) is 6.92 Å². The third-order valence-electron chi connectivity index (χ3n) is 7.55. The Morgan fingerprint density at radius 1 is 1.03 bits per heavy atom. The topological polar surface area (TPSA) is 63.6 Å². The fraction of sp³-hybridized carbons (Fsp3) is 0.400. The first-order chi connectivity index (χ1) is 17.5. The van der Waals surface area contributed by atoms with E-state index >= 15 is 0 Å². The highest BCUT2D eigenvalue weighted by Gasteiger charge is 2.40. The predicted octanol–water partition coefficient (Wildman–Crippen LogP) is 6.06. The van der Waals surface area contributed by atoms with Crippen LogP contribution in [0.25, 0.3) is 5.69 Å². The molecule has 1 aliphatic carbocycles. The number of ether oxygens (including phenoxy) is 1. The summed E-state index contributed by atoms with van der Waals surface area (Å²) in [5, 5.41) is 3.36.